The van der Waals surface area contributed by atoms with E-state index in [1.807, 2.05) is 13.0 Å². The van der Waals surface area contributed by atoms with E-state index >= 15 is 0 Å². The van der Waals surface area contributed by atoms with E-state index in [1.54, 1.807) is 6.92 Å². The van der Waals surface area contributed by atoms with Crippen LogP contribution in [0.2, 0.25) is 0 Å². The van der Waals surface area contributed by atoms with Crippen molar-refractivity contribution in [2.24, 2.45) is 5.92 Å². The molecule has 0 aliphatic heterocycles. The Morgan fingerprint density at radius 2 is 1.91 bits per heavy atom. The molecule has 0 saturated carbocycles. The van der Waals surface area contributed by atoms with Crippen LogP contribution in [0.3, 0.4) is 0 Å². The number of hydrogen-bond donors (Lipinski definition) is 2. The van der Waals surface area contributed by atoms with Crippen LogP contribution in [-0.4, -0.2) is 30.1 Å². The SMILES string of the molecule is CCOC(=O)CNC(=O)[C@@H](CC)Cc1c(I)cc(I)c(O)c1I. The number of nitrogens with one attached hydrogen (secondary N) is 1. The van der Waals surface area contributed by atoms with Gasteiger partial charge < -0.3 is 15.2 Å². The molecule has 8 heteroatoms. The smallest absolute Gasteiger partial charge is 0.325 e. The number of ether oxygens (including phenoxy) is 1. The lowest BCUT2D eigenvalue weighted by molar-refractivity contribution is -0.143. The summed E-state index contributed by atoms with van der Waals surface area (Å²) < 4.78 is 7.39. The first-order valence-corrected chi connectivity index (χ1v) is 10.3. The predicted molar refractivity (Wildman–Crippen MR) is 113 cm³/mol. The Labute approximate surface area is 176 Å². The van der Waals surface area contributed by atoms with Crippen LogP contribution < -0.4 is 5.32 Å². The monoisotopic (exact) mass is 657 g/mol. The maximum Gasteiger partial charge on any atom is 0.325 e. The van der Waals surface area contributed by atoms with Crippen molar-refractivity contribution in [3.05, 3.63) is 22.3 Å². The van der Waals surface area contributed by atoms with Crippen molar-refractivity contribution < 1.29 is 19.4 Å². The van der Waals surface area contributed by atoms with Gasteiger partial charge in [-0.15, -0.1) is 0 Å². The molecule has 1 aromatic rings. The molecule has 0 aromatic heterocycles. The van der Waals surface area contributed by atoms with Gasteiger partial charge in [0, 0.05) is 9.49 Å². The molecule has 0 fully saturated rings. The highest BCUT2D eigenvalue weighted by molar-refractivity contribution is 14.1. The van der Waals surface area contributed by atoms with E-state index in [0.717, 1.165) is 16.3 Å². The number of amides is 1. The topological polar surface area (TPSA) is 75.6 Å². The lowest BCUT2D eigenvalue weighted by atomic mass is 9.96. The van der Waals surface area contributed by atoms with Gasteiger partial charge in [-0.2, -0.15) is 0 Å². The van der Waals surface area contributed by atoms with E-state index in [9.17, 15) is 14.7 Å². The van der Waals surface area contributed by atoms with Crippen LogP contribution in [0.5, 0.6) is 5.75 Å². The van der Waals surface area contributed by atoms with Crippen LogP contribution in [0.15, 0.2) is 6.07 Å². The molecule has 2 N–H and O–H groups in total. The van der Waals surface area contributed by atoms with Gasteiger partial charge in [0.1, 0.15) is 12.3 Å². The molecule has 0 heterocycles. The van der Waals surface area contributed by atoms with Crippen LogP contribution in [0.25, 0.3) is 0 Å². The molecule has 0 bridgehead atoms. The predicted octanol–water partition coefficient (Wildman–Crippen LogP) is 3.45. The number of carbonyl (C=O) groups is 2. The molecule has 0 radical (unpaired) electrons. The van der Waals surface area contributed by atoms with Crippen LogP contribution in [0.4, 0.5) is 0 Å². The van der Waals surface area contributed by atoms with Crippen LogP contribution in [0.1, 0.15) is 25.8 Å². The van der Waals surface area contributed by atoms with Gasteiger partial charge in [0.05, 0.1) is 13.7 Å². The van der Waals surface area contributed by atoms with E-state index in [4.69, 9.17) is 4.74 Å². The van der Waals surface area contributed by atoms with Gasteiger partial charge in [0.25, 0.3) is 0 Å². The standard InChI is InChI=1S/C15H18I3NO4/c1-3-8(15(22)19-7-12(20)23-4-2)5-9-10(16)6-11(17)14(21)13(9)18/h6,8,21H,3-5,7H2,1-2H3,(H,19,22)/t8-/m0/s1. The maximum atomic E-state index is 12.3. The third kappa shape index (κ3) is 6.18. The lowest BCUT2D eigenvalue weighted by Gasteiger charge is -2.18. The van der Waals surface area contributed by atoms with Gasteiger partial charge >= 0.3 is 5.97 Å². The molecule has 1 atom stereocenters. The Kier molecular flexibility index (Phi) is 9.41. The minimum absolute atomic E-state index is 0.116. The first-order chi connectivity index (χ1) is 10.8. The van der Waals surface area contributed by atoms with Gasteiger partial charge in [-0.1, -0.05) is 6.92 Å². The fraction of sp³-hybridized carbons (Fsp3) is 0.467. The van der Waals surface area contributed by atoms with Crippen molar-refractivity contribution in [3.8, 4) is 5.75 Å². The summed E-state index contributed by atoms with van der Waals surface area (Å²) >= 11 is 6.41. The summed E-state index contributed by atoms with van der Waals surface area (Å²) in [6.07, 6.45) is 1.17. The van der Waals surface area contributed by atoms with Gasteiger partial charge in [-0.05, 0) is 99.2 Å². The van der Waals surface area contributed by atoms with Crippen molar-refractivity contribution in [2.45, 2.75) is 26.7 Å². The first-order valence-electron chi connectivity index (χ1n) is 7.10. The Hall–Kier alpha value is 0.150. The van der Waals surface area contributed by atoms with Gasteiger partial charge in [0.2, 0.25) is 5.91 Å². The number of halogens is 3. The van der Waals surface area contributed by atoms with Crippen molar-refractivity contribution in [1.29, 1.82) is 0 Å². The van der Waals surface area contributed by atoms with Crippen molar-refractivity contribution >= 4 is 79.6 Å². The molecule has 1 rings (SSSR count). The molecule has 128 valence electrons. The fourth-order valence-corrected chi connectivity index (χ4v) is 5.80. The summed E-state index contributed by atoms with van der Waals surface area (Å²) in [5.74, 6) is -0.619. The Balaban J connectivity index is 2.82. The molecule has 23 heavy (non-hydrogen) atoms. The number of rotatable bonds is 7. The highest BCUT2D eigenvalue weighted by Crippen LogP contribution is 2.34. The van der Waals surface area contributed by atoms with Gasteiger partial charge in [-0.25, -0.2) is 0 Å². The second-order valence-electron chi connectivity index (χ2n) is 4.81. The third-order valence-electron chi connectivity index (χ3n) is 3.27. The van der Waals surface area contributed by atoms with Crippen molar-refractivity contribution in [2.75, 3.05) is 13.2 Å². The molecular weight excluding hydrogens is 639 g/mol. The van der Waals surface area contributed by atoms with Crippen molar-refractivity contribution in [1.82, 2.24) is 5.32 Å². The Bertz CT molecular complexity index is 593. The molecule has 0 aliphatic rings. The van der Waals surface area contributed by atoms with Crippen molar-refractivity contribution in [3.63, 3.8) is 0 Å². The number of esters is 1. The Morgan fingerprint density at radius 1 is 1.26 bits per heavy atom. The van der Waals surface area contributed by atoms with Gasteiger partial charge in [-0.3, -0.25) is 9.59 Å². The van der Waals surface area contributed by atoms with E-state index in [0.29, 0.717) is 19.4 Å². The van der Waals surface area contributed by atoms with E-state index in [-0.39, 0.29) is 24.1 Å². The average Bonchev–Trinajstić information content (AvgIpc) is 2.51. The van der Waals surface area contributed by atoms with E-state index < -0.39 is 5.97 Å². The summed E-state index contributed by atoms with van der Waals surface area (Å²) in [6, 6.07) is 1.90. The minimum atomic E-state index is -0.438. The summed E-state index contributed by atoms with van der Waals surface area (Å²) in [7, 11) is 0. The number of carbonyl (C=O) groups excluding carboxylic acids is 2. The van der Waals surface area contributed by atoms with Crippen LogP contribution in [0, 0.1) is 16.6 Å². The fourth-order valence-electron chi connectivity index (χ4n) is 1.99. The van der Waals surface area contributed by atoms with Gasteiger partial charge in [0.15, 0.2) is 0 Å². The number of phenols is 1. The molecular formula is C15H18I3NO4. The van der Waals surface area contributed by atoms with Crippen LogP contribution in [-0.2, 0) is 20.7 Å². The molecule has 0 saturated heterocycles. The normalized spacial score (nSPS) is 11.9. The average molecular weight is 657 g/mol. The molecule has 5 nitrogen and oxygen atoms in total. The second-order valence-corrected chi connectivity index (χ2v) is 8.22. The maximum absolute atomic E-state index is 12.3. The van der Waals surface area contributed by atoms with Crippen LogP contribution >= 0.6 is 67.8 Å². The zero-order valence-electron chi connectivity index (χ0n) is 12.8. The quantitative estimate of drug-likeness (QED) is 0.349. The third-order valence-corrected chi connectivity index (χ3v) is 6.21. The lowest BCUT2D eigenvalue weighted by Crippen LogP contribution is -2.36. The number of hydrogen-bond acceptors (Lipinski definition) is 4. The summed E-state index contributed by atoms with van der Waals surface area (Å²) in [4.78, 5) is 23.6. The molecule has 1 aromatic carbocycles. The number of aromatic hydroxyl groups is 1. The summed E-state index contributed by atoms with van der Waals surface area (Å²) in [6.45, 7) is 3.84. The largest absolute Gasteiger partial charge is 0.506 e. The highest BCUT2D eigenvalue weighted by Gasteiger charge is 2.22. The van der Waals surface area contributed by atoms with E-state index in [1.165, 1.54) is 0 Å². The minimum Gasteiger partial charge on any atom is -0.506 e. The second kappa shape index (κ2) is 10.2. The van der Waals surface area contributed by atoms with E-state index in [2.05, 4.69) is 73.1 Å². The molecule has 1 amide bonds. The number of benzene rings is 1. The zero-order chi connectivity index (χ0) is 17.6. The number of phenolic OH excluding ortho intramolecular Hbond substituents is 1. The molecule has 0 unspecified atom stereocenters. The molecule has 0 aliphatic carbocycles. The summed E-state index contributed by atoms with van der Waals surface area (Å²) in [5.41, 5.74) is 0.960. The Morgan fingerprint density at radius 3 is 2.48 bits per heavy atom. The summed E-state index contributed by atoms with van der Waals surface area (Å²) in [5, 5.41) is 12.7. The molecule has 0 spiro atoms. The highest BCUT2D eigenvalue weighted by atomic mass is 127. The zero-order valence-corrected chi connectivity index (χ0v) is 19.3. The first kappa shape index (κ1) is 21.2.